The number of fused-ring (bicyclic) bond motifs is 2. The fourth-order valence-corrected chi connectivity index (χ4v) is 3.43. The van der Waals surface area contributed by atoms with Crippen LogP contribution in [0.2, 0.25) is 0 Å². The summed E-state index contributed by atoms with van der Waals surface area (Å²) in [7, 11) is 0. The number of hydrogen-bond donors (Lipinski definition) is 1. The quantitative estimate of drug-likeness (QED) is 0.866. The molecule has 1 aromatic heterocycles. The molecule has 0 saturated heterocycles. The predicted octanol–water partition coefficient (Wildman–Crippen LogP) is 1.41. The largest absolute Gasteiger partial charge is 0.352 e. The second kappa shape index (κ2) is 6.46. The molecule has 3 heterocycles. The highest BCUT2D eigenvalue weighted by Crippen LogP contribution is 2.30. The van der Waals surface area contributed by atoms with E-state index in [1.54, 1.807) is 28.8 Å². The maximum absolute atomic E-state index is 12.6. The van der Waals surface area contributed by atoms with Crippen LogP contribution >= 0.6 is 0 Å². The van der Waals surface area contributed by atoms with Gasteiger partial charge in [-0.05, 0) is 38.1 Å². The van der Waals surface area contributed by atoms with E-state index in [1.807, 2.05) is 43.3 Å². The van der Waals surface area contributed by atoms with E-state index in [9.17, 15) is 9.59 Å². The molecule has 8 nitrogen and oxygen atoms in total. The lowest BCUT2D eigenvalue weighted by molar-refractivity contribution is -0.131. The maximum Gasteiger partial charge on any atom is 0.274 e. The van der Waals surface area contributed by atoms with Crippen LogP contribution in [0.15, 0.2) is 53.7 Å². The lowest BCUT2D eigenvalue weighted by Crippen LogP contribution is -2.50. The third-order valence-electron chi connectivity index (χ3n) is 4.83. The second-order valence-corrected chi connectivity index (χ2v) is 7.03. The first-order valence-electron chi connectivity index (χ1n) is 8.82. The number of amidine groups is 1. The van der Waals surface area contributed by atoms with Crippen molar-refractivity contribution >= 4 is 28.7 Å². The molecule has 27 heavy (non-hydrogen) atoms. The summed E-state index contributed by atoms with van der Waals surface area (Å²) in [6, 6.07) is 7.51. The zero-order chi connectivity index (χ0) is 19.0. The van der Waals surface area contributed by atoms with Crippen molar-refractivity contribution in [1.29, 1.82) is 0 Å². The van der Waals surface area contributed by atoms with E-state index < -0.39 is 5.54 Å². The summed E-state index contributed by atoms with van der Waals surface area (Å²) < 4.78 is 1.77. The van der Waals surface area contributed by atoms with Crippen molar-refractivity contribution in [3.05, 3.63) is 48.7 Å². The lowest BCUT2D eigenvalue weighted by Gasteiger charge is -2.33. The minimum absolute atomic E-state index is 0.0272. The van der Waals surface area contributed by atoms with Crippen LogP contribution in [0.5, 0.6) is 0 Å². The summed E-state index contributed by atoms with van der Waals surface area (Å²) in [5, 5.41) is 11.2. The normalized spacial score (nSPS) is 22.1. The highest BCUT2D eigenvalue weighted by atomic mass is 16.2. The van der Waals surface area contributed by atoms with E-state index in [2.05, 4.69) is 20.6 Å². The van der Waals surface area contributed by atoms with Crippen molar-refractivity contribution in [2.24, 2.45) is 4.99 Å². The van der Waals surface area contributed by atoms with Crippen LogP contribution in [0.4, 0.5) is 0 Å². The van der Waals surface area contributed by atoms with E-state index in [-0.39, 0.29) is 24.3 Å². The fourth-order valence-electron chi connectivity index (χ4n) is 3.43. The molecule has 0 bridgehead atoms. The molecule has 1 aromatic carbocycles. The molecule has 2 amide bonds. The van der Waals surface area contributed by atoms with Gasteiger partial charge in [0.25, 0.3) is 5.91 Å². The highest BCUT2D eigenvalue weighted by molar-refractivity contribution is 6.13. The van der Waals surface area contributed by atoms with Crippen molar-refractivity contribution < 1.29 is 9.59 Å². The Morgan fingerprint density at radius 3 is 2.96 bits per heavy atom. The summed E-state index contributed by atoms with van der Waals surface area (Å²) in [6.07, 6.45) is 7.21. The van der Waals surface area contributed by atoms with Gasteiger partial charge in [0, 0.05) is 12.2 Å². The van der Waals surface area contributed by atoms with Gasteiger partial charge in [0.05, 0.1) is 18.5 Å². The van der Waals surface area contributed by atoms with Crippen molar-refractivity contribution in [2.75, 3.05) is 0 Å². The molecule has 0 radical (unpaired) electrons. The van der Waals surface area contributed by atoms with Crippen LogP contribution in [0.3, 0.4) is 0 Å². The van der Waals surface area contributed by atoms with Gasteiger partial charge in [-0.2, -0.15) is 4.99 Å². The summed E-state index contributed by atoms with van der Waals surface area (Å²) >= 11 is 0. The number of allylic oxidation sites excluding steroid dienone is 2. The van der Waals surface area contributed by atoms with Crippen molar-refractivity contribution in [3.63, 3.8) is 0 Å². The average Bonchev–Trinajstić information content (AvgIpc) is 3.15. The molecule has 1 unspecified atom stereocenters. The number of aliphatic imine (C=N–C) groups is 1. The van der Waals surface area contributed by atoms with E-state index in [4.69, 9.17) is 0 Å². The standard InChI is InChI=1S/C19H20N6O2/c1-13(12-25-15-8-4-3-7-14(15)22-23-25)20-17(26)11-19(2)18(27)21-16-9-5-6-10-24(16)19/h3-10,13H,11-12H2,1-2H3,(H,20,26)/t13-,19?/m1/s1. The molecular formula is C19H20N6O2. The number of aromatic nitrogens is 3. The van der Waals surface area contributed by atoms with Crippen molar-refractivity contribution in [3.8, 4) is 0 Å². The first-order chi connectivity index (χ1) is 13.0. The number of para-hydroxylation sites is 1. The molecule has 0 saturated carbocycles. The Labute approximate surface area is 156 Å². The van der Waals surface area contributed by atoms with Gasteiger partial charge in [-0.25, -0.2) is 4.68 Å². The number of rotatable bonds is 5. The Morgan fingerprint density at radius 2 is 2.11 bits per heavy atom. The summed E-state index contributed by atoms with van der Waals surface area (Å²) in [6.45, 7) is 4.13. The van der Waals surface area contributed by atoms with Gasteiger partial charge in [-0.3, -0.25) is 9.59 Å². The molecule has 138 valence electrons. The number of hydrogen-bond acceptors (Lipinski definition) is 5. The molecule has 0 spiro atoms. The molecule has 0 fully saturated rings. The number of nitrogens with one attached hydrogen (secondary N) is 1. The molecule has 4 rings (SSSR count). The molecular weight excluding hydrogens is 344 g/mol. The molecule has 2 aromatic rings. The Kier molecular flexibility index (Phi) is 4.10. The van der Waals surface area contributed by atoms with Crippen LogP contribution in [-0.2, 0) is 16.1 Å². The van der Waals surface area contributed by atoms with E-state index >= 15 is 0 Å². The minimum Gasteiger partial charge on any atom is -0.352 e. The van der Waals surface area contributed by atoms with E-state index in [0.29, 0.717) is 12.4 Å². The second-order valence-electron chi connectivity index (χ2n) is 7.03. The predicted molar refractivity (Wildman–Crippen MR) is 101 cm³/mol. The number of carbonyl (C=O) groups is 2. The van der Waals surface area contributed by atoms with Gasteiger partial charge in [0.2, 0.25) is 5.91 Å². The molecule has 2 atom stereocenters. The van der Waals surface area contributed by atoms with E-state index in [1.165, 1.54) is 0 Å². The molecule has 2 aliphatic rings. The van der Waals surface area contributed by atoms with Crippen LogP contribution in [0, 0.1) is 0 Å². The molecule has 2 aliphatic heterocycles. The Balaban J connectivity index is 1.41. The number of nitrogens with zero attached hydrogens (tertiary/aromatic N) is 5. The Morgan fingerprint density at radius 1 is 1.30 bits per heavy atom. The monoisotopic (exact) mass is 364 g/mol. The van der Waals surface area contributed by atoms with Crippen molar-refractivity contribution in [1.82, 2.24) is 25.2 Å². The van der Waals surface area contributed by atoms with Gasteiger partial charge in [0.15, 0.2) is 0 Å². The van der Waals surface area contributed by atoms with Crippen LogP contribution < -0.4 is 5.32 Å². The number of carbonyl (C=O) groups excluding carboxylic acids is 2. The van der Waals surface area contributed by atoms with Gasteiger partial charge < -0.3 is 10.2 Å². The molecule has 0 aliphatic carbocycles. The lowest BCUT2D eigenvalue weighted by atomic mass is 9.95. The van der Waals surface area contributed by atoms with E-state index in [0.717, 1.165) is 11.0 Å². The Hall–Kier alpha value is -3.29. The highest BCUT2D eigenvalue weighted by Gasteiger charge is 2.46. The van der Waals surface area contributed by atoms with Gasteiger partial charge in [0.1, 0.15) is 16.9 Å². The topological polar surface area (TPSA) is 92.5 Å². The smallest absolute Gasteiger partial charge is 0.274 e. The minimum atomic E-state index is -1.000. The Bertz CT molecular complexity index is 1000. The third kappa shape index (κ3) is 3.03. The SMILES string of the molecule is C[C@H](Cn1nnc2ccccc21)NC(=O)CC1(C)C(=O)N=C2C=CC=CN21. The fraction of sp³-hybridized carbons (Fsp3) is 0.316. The van der Waals surface area contributed by atoms with Gasteiger partial charge >= 0.3 is 0 Å². The van der Waals surface area contributed by atoms with Crippen LogP contribution in [-0.4, -0.2) is 49.1 Å². The maximum atomic E-state index is 12.6. The van der Waals surface area contributed by atoms with Gasteiger partial charge in [-0.15, -0.1) is 5.10 Å². The van der Waals surface area contributed by atoms with Crippen molar-refractivity contribution in [2.45, 2.75) is 38.4 Å². The zero-order valence-electron chi connectivity index (χ0n) is 15.2. The molecule has 8 heteroatoms. The summed E-state index contributed by atoms with van der Waals surface area (Å²) in [5.41, 5.74) is 0.731. The zero-order valence-corrected chi connectivity index (χ0v) is 15.2. The first kappa shape index (κ1) is 17.1. The first-order valence-corrected chi connectivity index (χ1v) is 8.82. The summed E-state index contributed by atoms with van der Waals surface area (Å²) in [5.74, 6) is 0.0564. The molecule has 1 N–H and O–H groups in total. The van der Waals surface area contributed by atoms with Gasteiger partial charge in [-0.1, -0.05) is 23.4 Å². The third-order valence-corrected chi connectivity index (χ3v) is 4.83. The van der Waals surface area contributed by atoms with Crippen LogP contribution in [0.25, 0.3) is 11.0 Å². The summed E-state index contributed by atoms with van der Waals surface area (Å²) in [4.78, 5) is 30.8. The number of amides is 2. The average molecular weight is 364 g/mol. The number of benzene rings is 1. The van der Waals surface area contributed by atoms with Crippen LogP contribution in [0.1, 0.15) is 20.3 Å².